The number of thiazole rings is 1. The molecule has 0 saturated carbocycles. The van der Waals surface area contributed by atoms with Crippen LogP contribution in [0.25, 0.3) is 4.96 Å². The largest absolute Gasteiger partial charge is 0.380 e. The van der Waals surface area contributed by atoms with Crippen molar-refractivity contribution >= 4 is 16.3 Å². The molecule has 1 N–H and O–H groups in total. The van der Waals surface area contributed by atoms with Crippen LogP contribution in [0, 0.1) is 6.92 Å². The van der Waals surface area contributed by atoms with Crippen molar-refractivity contribution in [2.45, 2.75) is 19.4 Å². The molecule has 2 aromatic heterocycles. The Kier molecular flexibility index (Phi) is 2.67. The summed E-state index contributed by atoms with van der Waals surface area (Å²) < 4.78 is 7.59. The molecule has 0 aliphatic carbocycles. The Hall–Kier alpha value is -0.910. The molecule has 2 aromatic rings. The van der Waals surface area contributed by atoms with Gasteiger partial charge in [0.1, 0.15) is 0 Å². The molecule has 3 heterocycles. The second-order valence-electron chi connectivity index (χ2n) is 4.10. The van der Waals surface area contributed by atoms with Gasteiger partial charge in [-0.25, -0.2) is 4.98 Å². The minimum Gasteiger partial charge on any atom is -0.380 e. The van der Waals surface area contributed by atoms with Crippen molar-refractivity contribution in [1.29, 1.82) is 0 Å². The first kappa shape index (κ1) is 10.3. The van der Waals surface area contributed by atoms with E-state index in [1.54, 1.807) is 11.3 Å². The summed E-state index contributed by atoms with van der Waals surface area (Å²) in [5, 5.41) is 5.61. The number of nitrogens with zero attached hydrogens (tertiary/aromatic N) is 2. The van der Waals surface area contributed by atoms with Crippen LogP contribution in [0.5, 0.6) is 0 Å². The molecule has 1 aliphatic heterocycles. The molecular weight excluding hydrogens is 222 g/mol. The Balaban J connectivity index is 1.92. The molecule has 0 aromatic carbocycles. The quantitative estimate of drug-likeness (QED) is 0.821. The van der Waals surface area contributed by atoms with Crippen LogP contribution < -0.4 is 5.32 Å². The van der Waals surface area contributed by atoms with Crippen molar-refractivity contribution in [3.8, 4) is 0 Å². The minimum atomic E-state index is 0.342. The monoisotopic (exact) mass is 237 g/mol. The van der Waals surface area contributed by atoms with Crippen LogP contribution in [0.3, 0.4) is 0 Å². The molecule has 3 rings (SSSR count). The van der Waals surface area contributed by atoms with Gasteiger partial charge in [0.2, 0.25) is 0 Å². The van der Waals surface area contributed by atoms with Crippen LogP contribution in [0.1, 0.15) is 23.9 Å². The Morgan fingerprint density at radius 2 is 2.50 bits per heavy atom. The lowest BCUT2D eigenvalue weighted by Gasteiger charge is -2.11. The van der Waals surface area contributed by atoms with Gasteiger partial charge in [-0.15, -0.1) is 11.3 Å². The number of ether oxygens (including phenoxy) is 1. The van der Waals surface area contributed by atoms with E-state index >= 15 is 0 Å². The highest BCUT2D eigenvalue weighted by atomic mass is 32.1. The molecule has 86 valence electrons. The molecule has 1 atom stereocenters. The highest BCUT2D eigenvalue weighted by Crippen LogP contribution is 2.22. The Bertz CT molecular complexity index is 482. The molecule has 0 amide bonds. The van der Waals surface area contributed by atoms with E-state index in [0.717, 1.165) is 36.8 Å². The van der Waals surface area contributed by atoms with E-state index in [2.05, 4.69) is 33.2 Å². The number of nitrogens with one attached hydrogen (secondary N) is 1. The summed E-state index contributed by atoms with van der Waals surface area (Å²) in [6.45, 7) is 4.65. The first-order chi connectivity index (χ1) is 7.84. The van der Waals surface area contributed by atoms with Gasteiger partial charge in [0.05, 0.1) is 18.3 Å². The number of hydrogen-bond acceptors (Lipinski definition) is 4. The average molecular weight is 237 g/mol. The number of hydrogen-bond donors (Lipinski definition) is 1. The second-order valence-corrected chi connectivity index (χ2v) is 4.94. The lowest BCUT2D eigenvalue weighted by molar-refractivity contribution is 0.150. The molecule has 0 radical (unpaired) electrons. The minimum absolute atomic E-state index is 0.342. The van der Waals surface area contributed by atoms with Crippen molar-refractivity contribution in [3.63, 3.8) is 0 Å². The number of rotatable bonds is 1. The Labute approximate surface area is 98.3 Å². The third-order valence-electron chi connectivity index (χ3n) is 2.95. The average Bonchev–Trinajstić information content (AvgIpc) is 2.72. The number of aromatic nitrogens is 2. The lowest BCUT2D eigenvalue weighted by Crippen LogP contribution is -2.22. The predicted molar refractivity (Wildman–Crippen MR) is 64.0 cm³/mol. The number of aryl methyl sites for hydroxylation is 1. The fourth-order valence-corrected chi connectivity index (χ4v) is 2.90. The van der Waals surface area contributed by atoms with Gasteiger partial charge in [0.25, 0.3) is 0 Å². The zero-order chi connectivity index (χ0) is 11.0. The van der Waals surface area contributed by atoms with Crippen LogP contribution in [-0.4, -0.2) is 29.1 Å². The van der Waals surface area contributed by atoms with Gasteiger partial charge in [-0.1, -0.05) is 0 Å². The van der Waals surface area contributed by atoms with Crippen molar-refractivity contribution in [2.75, 3.05) is 19.8 Å². The van der Waals surface area contributed by atoms with Crippen molar-refractivity contribution in [2.24, 2.45) is 0 Å². The van der Waals surface area contributed by atoms with E-state index in [1.807, 2.05) is 0 Å². The van der Waals surface area contributed by atoms with E-state index in [0.29, 0.717) is 6.04 Å². The van der Waals surface area contributed by atoms with Gasteiger partial charge in [-0.2, -0.15) is 0 Å². The summed E-state index contributed by atoms with van der Waals surface area (Å²) in [7, 11) is 0. The second kappa shape index (κ2) is 4.16. The zero-order valence-corrected chi connectivity index (χ0v) is 10.1. The third-order valence-corrected chi connectivity index (χ3v) is 3.91. The van der Waals surface area contributed by atoms with E-state index < -0.39 is 0 Å². The van der Waals surface area contributed by atoms with Gasteiger partial charge in [-0.05, 0) is 13.3 Å². The van der Waals surface area contributed by atoms with E-state index in [9.17, 15) is 0 Å². The van der Waals surface area contributed by atoms with E-state index in [1.165, 1.54) is 5.69 Å². The highest BCUT2D eigenvalue weighted by molar-refractivity contribution is 7.15. The van der Waals surface area contributed by atoms with Crippen LogP contribution in [0.15, 0.2) is 11.6 Å². The van der Waals surface area contributed by atoms with Crippen LogP contribution >= 0.6 is 11.3 Å². The fourth-order valence-electron chi connectivity index (χ4n) is 2.04. The zero-order valence-electron chi connectivity index (χ0n) is 9.27. The summed E-state index contributed by atoms with van der Waals surface area (Å²) in [5.41, 5.74) is 2.39. The summed E-state index contributed by atoms with van der Waals surface area (Å²) >= 11 is 1.70. The number of imidazole rings is 1. The summed E-state index contributed by atoms with van der Waals surface area (Å²) in [4.78, 5) is 5.75. The normalized spacial score (nSPS) is 22.4. The molecule has 0 spiro atoms. The van der Waals surface area contributed by atoms with Gasteiger partial charge in [0.15, 0.2) is 4.96 Å². The molecule has 1 fully saturated rings. The third kappa shape index (κ3) is 1.75. The first-order valence-corrected chi connectivity index (χ1v) is 6.47. The molecule has 16 heavy (non-hydrogen) atoms. The molecule has 0 bridgehead atoms. The summed E-state index contributed by atoms with van der Waals surface area (Å²) in [5.74, 6) is 0. The fraction of sp³-hybridized carbons (Fsp3) is 0.545. The molecule has 1 unspecified atom stereocenters. The molecule has 4 nitrogen and oxygen atoms in total. The van der Waals surface area contributed by atoms with Gasteiger partial charge in [-0.3, -0.25) is 4.40 Å². The summed E-state index contributed by atoms with van der Waals surface area (Å²) in [6.07, 6.45) is 3.15. The first-order valence-electron chi connectivity index (χ1n) is 5.59. The highest BCUT2D eigenvalue weighted by Gasteiger charge is 2.17. The molecular formula is C11H15N3OS. The maximum atomic E-state index is 5.43. The van der Waals surface area contributed by atoms with Crippen LogP contribution in [-0.2, 0) is 4.74 Å². The lowest BCUT2D eigenvalue weighted by atomic mass is 10.1. The number of fused-ring (bicyclic) bond motifs is 1. The maximum Gasteiger partial charge on any atom is 0.194 e. The van der Waals surface area contributed by atoms with E-state index in [4.69, 9.17) is 4.74 Å². The van der Waals surface area contributed by atoms with Gasteiger partial charge < -0.3 is 10.1 Å². The Morgan fingerprint density at radius 1 is 1.56 bits per heavy atom. The topological polar surface area (TPSA) is 38.6 Å². The van der Waals surface area contributed by atoms with Crippen molar-refractivity contribution in [3.05, 3.63) is 23.0 Å². The van der Waals surface area contributed by atoms with Gasteiger partial charge in [0, 0.05) is 30.4 Å². The standard InChI is InChI=1S/C11H15N3OS/c1-8-7-16-11-13-10(6-14(8)11)9-2-4-15-5-3-12-9/h6-7,9,12H,2-5H2,1H3. The molecule has 1 aliphatic rings. The van der Waals surface area contributed by atoms with Crippen molar-refractivity contribution in [1.82, 2.24) is 14.7 Å². The van der Waals surface area contributed by atoms with Crippen LogP contribution in [0.2, 0.25) is 0 Å². The molecule has 1 saturated heterocycles. The predicted octanol–water partition coefficient (Wildman–Crippen LogP) is 1.76. The molecule has 5 heteroatoms. The van der Waals surface area contributed by atoms with Gasteiger partial charge >= 0.3 is 0 Å². The summed E-state index contributed by atoms with van der Waals surface area (Å²) in [6, 6.07) is 0.342. The van der Waals surface area contributed by atoms with Crippen molar-refractivity contribution < 1.29 is 4.74 Å². The van der Waals surface area contributed by atoms with E-state index in [-0.39, 0.29) is 0 Å². The smallest absolute Gasteiger partial charge is 0.194 e. The Morgan fingerprint density at radius 3 is 3.38 bits per heavy atom. The van der Waals surface area contributed by atoms with Crippen LogP contribution in [0.4, 0.5) is 0 Å². The maximum absolute atomic E-state index is 5.43. The SMILES string of the molecule is Cc1csc2nc(C3CCOCCN3)cn12.